The summed E-state index contributed by atoms with van der Waals surface area (Å²) < 4.78 is 5.60. The minimum Gasteiger partial charge on any atom is -0.481 e. The lowest BCUT2D eigenvalue weighted by atomic mass is 9.82. The van der Waals surface area contributed by atoms with Crippen molar-refractivity contribution in [2.24, 2.45) is 23.7 Å². The number of rotatable bonds is 6. The van der Waals surface area contributed by atoms with Gasteiger partial charge in [0, 0.05) is 13.1 Å². The van der Waals surface area contributed by atoms with Crippen LogP contribution in [0, 0.1) is 23.7 Å². The third kappa shape index (κ3) is 3.28. The van der Waals surface area contributed by atoms with Gasteiger partial charge in [-0.15, -0.1) is 0 Å². The number of carboxylic acid groups (broad SMARTS) is 1. The van der Waals surface area contributed by atoms with Crippen molar-refractivity contribution in [3.05, 3.63) is 12.2 Å². The predicted octanol–water partition coefficient (Wildman–Crippen LogP) is 1.78. The molecule has 118 valence electrons. The van der Waals surface area contributed by atoms with Crippen molar-refractivity contribution in [2.75, 3.05) is 13.1 Å². The Balaban J connectivity index is 2.19. The van der Waals surface area contributed by atoms with Crippen LogP contribution in [0.25, 0.3) is 0 Å². The molecular weight excluding hydrogens is 270 g/mol. The highest BCUT2D eigenvalue weighted by Crippen LogP contribution is 2.40. The van der Waals surface area contributed by atoms with Gasteiger partial charge in [-0.1, -0.05) is 39.8 Å². The molecule has 0 aromatic rings. The van der Waals surface area contributed by atoms with Crippen molar-refractivity contribution in [2.45, 2.75) is 39.9 Å². The molecule has 21 heavy (non-hydrogen) atoms. The normalized spacial score (nSPS) is 30.4. The largest absolute Gasteiger partial charge is 0.481 e. The Morgan fingerprint density at radius 3 is 1.95 bits per heavy atom. The van der Waals surface area contributed by atoms with Crippen molar-refractivity contribution in [3.63, 3.8) is 0 Å². The van der Waals surface area contributed by atoms with Crippen LogP contribution < -0.4 is 0 Å². The Morgan fingerprint density at radius 2 is 1.52 bits per heavy atom. The van der Waals surface area contributed by atoms with Gasteiger partial charge < -0.3 is 14.7 Å². The number of carbonyl (C=O) groups is 2. The number of carboxylic acids is 1. The molecule has 0 spiro atoms. The number of fused-ring (bicyclic) bond motifs is 2. The standard InChI is InChI=1S/C16H25NO4/c1-9(2)7-17(8-10(3)4)15(18)13-11-5-6-12(21-11)14(13)16(19)20/h5-6,9-14H,7-8H2,1-4H3,(H,19,20). The maximum atomic E-state index is 12.9. The van der Waals surface area contributed by atoms with Crippen molar-refractivity contribution < 1.29 is 19.4 Å². The number of hydrogen-bond acceptors (Lipinski definition) is 3. The Bertz CT molecular complexity index is 434. The predicted molar refractivity (Wildman–Crippen MR) is 78.7 cm³/mol. The summed E-state index contributed by atoms with van der Waals surface area (Å²) in [5, 5.41) is 9.42. The minimum atomic E-state index is -0.945. The zero-order valence-corrected chi connectivity index (χ0v) is 13.2. The van der Waals surface area contributed by atoms with Crippen molar-refractivity contribution >= 4 is 11.9 Å². The van der Waals surface area contributed by atoms with Gasteiger partial charge >= 0.3 is 5.97 Å². The van der Waals surface area contributed by atoms with E-state index >= 15 is 0 Å². The number of amides is 1. The summed E-state index contributed by atoms with van der Waals surface area (Å²) >= 11 is 0. The van der Waals surface area contributed by atoms with Gasteiger partial charge in [-0.05, 0) is 11.8 Å². The van der Waals surface area contributed by atoms with E-state index in [1.807, 2.05) is 11.0 Å². The van der Waals surface area contributed by atoms with Gasteiger partial charge in [0.05, 0.1) is 18.1 Å². The summed E-state index contributed by atoms with van der Waals surface area (Å²) in [5.74, 6) is -1.66. The van der Waals surface area contributed by atoms with E-state index in [1.54, 1.807) is 6.08 Å². The number of ether oxygens (including phenoxy) is 1. The molecule has 0 saturated carbocycles. The molecule has 2 heterocycles. The van der Waals surface area contributed by atoms with E-state index in [0.29, 0.717) is 24.9 Å². The van der Waals surface area contributed by atoms with Crippen LogP contribution >= 0.6 is 0 Å². The average molecular weight is 295 g/mol. The lowest BCUT2D eigenvalue weighted by Crippen LogP contribution is -2.47. The SMILES string of the molecule is CC(C)CN(CC(C)C)C(=O)C1C2C=CC(O2)C1C(=O)O. The Hall–Kier alpha value is -1.36. The molecule has 4 unspecified atom stereocenters. The molecule has 0 aromatic carbocycles. The van der Waals surface area contributed by atoms with Crippen LogP contribution in [-0.2, 0) is 14.3 Å². The van der Waals surface area contributed by atoms with Crippen molar-refractivity contribution in [1.82, 2.24) is 4.90 Å². The zero-order valence-electron chi connectivity index (χ0n) is 13.2. The zero-order chi connectivity index (χ0) is 15.7. The third-order valence-corrected chi connectivity index (χ3v) is 3.95. The van der Waals surface area contributed by atoms with E-state index in [2.05, 4.69) is 27.7 Å². The van der Waals surface area contributed by atoms with Crippen molar-refractivity contribution in [3.8, 4) is 0 Å². The molecule has 2 aliphatic rings. The smallest absolute Gasteiger partial charge is 0.310 e. The summed E-state index contributed by atoms with van der Waals surface area (Å²) in [7, 11) is 0. The fourth-order valence-electron chi connectivity index (χ4n) is 3.24. The van der Waals surface area contributed by atoms with E-state index in [1.165, 1.54) is 0 Å². The summed E-state index contributed by atoms with van der Waals surface area (Å²) in [4.78, 5) is 26.2. The second-order valence-corrected chi connectivity index (χ2v) is 6.87. The van der Waals surface area contributed by atoms with Crippen molar-refractivity contribution in [1.29, 1.82) is 0 Å². The first-order chi connectivity index (χ1) is 9.81. The van der Waals surface area contributed by atoms with Crippen LogP contribution in [0.2, 0.25) is 0 Å². The highest BCUT2D eigenvalue weighted by Gasteiger charge is 2.54. The summed E-state index contributed by atoms with van der Waals surface area (Å²) in [5.41, 5.74) is 0. The Morgan fingerprint density at radius 1 is 1.05 bits per heavy atom. The molecule has 5 nitrogen and oxygen atoms in total. The van der Waals surface area contributed by atoms with Crippen LogP contribution in [0.3, 0.4) is 0 Å². The number of hydrogen-bond donors (Lipinski definition) is 1. The molecule has 1 amide bonds. The molecule has 2 aliphatic heterocycles. The molecule has 0 radical (unpaired) electrons. The van der Waals surface area contributed by atoms with Crippen LogP contribution in [0.4, 0.5) is 0 Å². The molecular formula is C16H25NO4. The van der Waals surface area contributed by atoms with Gasteiger partial charge in [0.15, 0.2) is 0 Å². The number of aliphatic carboxylic acids is 1. The van der Waals surface area contributed by atoms with Crippen LogP contribution in [-0.4, -0.2) is 47.2 Å². The number of nitrogens with zero attached hydrogens (tertiary/aromatic N) is 1. The van der Waals surface area contributed by atoms with E-state index in [-0.39, 0.29) is 12.0 Å². The summed E-state index contributed by atoms with van der Waals surface area (Å²) in [6, 6.07) is 0. The molecule has 2 bridgehead atoms. The van der Waals surface area contributed by atoms with Crippen LogP contribution in [0.1, 0.15) is 27.7 Å². The first kappa shape index (κ1) is 16.0. The van der Waals surface area contributed by atoms with Gasteiger partial charge in [-0.25, -0.2) is 0 Å². The lowest BCUT2D eigenvalue weighted by Gasteiger charge is -2.31. The number of carbonyl (C=O) groups excluding carboxylic acids is 1. The molecule has 1 N–H and O–H groups in total. The molecule has 1 saturated heterocycles. The van der Waals surface area contributed by atoms with E-state index in [9.17, 15) is 14.7 Å². The van der Waals surface area contributed by atoms with Gasteiger partial charge in [-0.3, -0.25) is 9.59 Å². The summed E-state index contributed by atoms with van der Waals surface area (Å²) in [6.45, 7) is 9.56. The van der Waals surface area contributed by atoms with Gasteiger partial charge in [-0.2, -0.15) is 0 Å². The monoisotopic (exact) mass is 295 g/mol. The molecule has 1 fully saturated rings. The highest BCUT2D eigenvalue weighted by molar-refractivity contribution is 5.87. The maximum Gasteiger partial charge on any atom is 0.310 e. The first-order valence-corrected chi connectivity index (χ1v) is 7.66. The quantitative estimate of drug-likeness (QED) is 0.759. The van der Waals surface area contributed by atoms with Gasteiger partial charge in [0.2, 0.25) is 5.91 Å². The van der Waals surface area contributed by atoms with E-state index < -0.39 is 23.9 Å². The fourth-order valence-corrected chi connectivity index (χ4v) is 3.24. The Labute approximate surface area is 126 Å². The Kier molecular flexibility index (Phi) is 4.71. The molecule has 0 aromatic heterocycles. The molecule has 0 aliphatic carbocycles. The van der Waals surface area contributed by atoms with Crippen LogP contribution in [0.15, 0.2) is 12.2 Å². The topological polar surface area (TPSA) is 66.8 Å². The summed E-state index contributed by atoms with van der Waals surface area (Å²) in [6.07, 6.45) is 2.75. The molecule has 5 heteroatoms. The minimum absolute atomic E-state index is 0.0818. The average Bonchev–Trinajstić information content (AvgIpc) is 2.95. The second kappa shape index (κ2) is 6.18. The van der Waals surface area contributed by atoms with E-state index in [4.69, 9.17) is 4.74 Å². The first-order valence-electron chi connectivity index (χ1n) is 7.66. The second-order valence-electron chi connectivity index (χ2n) is 6.87. The molecule has 4 atom stereocenters. The van der Waals surface area contributed by atoms with Crippen LogP contribution in [0.5, 0.6) is 0 Å². The molecule has 2 rings (SSSR count). The highest BCUT2D eigenvalue weighted by atomic mass is 16.5. The van der Waals surface area contributed by atoms with Gasteiger partial charge in [0.1, 0.15) is 5.92 Å². The third-order valence-electron chi connectivity index (χ3n) is 3.95. The lowest BCUT2D eigenvalue weighted by molar-refractivity contribution is -0.150. The van der Waals surface area contributed by atoms with E-state index in [0.717, 1.165) is 0 Å². The van der Waals surface area contributed by atoms with Gasteiger partial charge in [0.25, 0.3) is 0 Å². The maximum absolute atomic E-state index is 12.9. The fraction of sp³-hybridized carbons (Fsp3) is 0.750.